The van der Waals surface area contributed by atoms with Gasteiger partial charge in [-0.1, -0.05) is 6.58 Å². The van der Waals surface area contributed by atoms with Gasteiger partial charge in [-0.05, 0) is 6.42 Å². The highest BCUT2D eigenvalue weighted by Crippen LogP contribution is 2.59. The molecule has 1 unspecified atom stereocenters. The van der Waals surface area contributed by atoms with Crippen molar-refractivity contribution in [3.8, 4) is 0 Å². The van der Waals surface area contributed by atoms with Crippen LogP contribution in [0.2, 0.25) is 6.04 Å². The molecule has 208 valence electrons. The lowest BCUT2D eigenvalue weighted by molar-refractivity contribution is -0.428. The number of ether oxygens (including phenoxy) is 2. The Morgan fingerprint density at radius 1 is 0.886 bits per heavy atom. The Labute approximate surface area is 193 Å². The number of halogens is 11. The van der Waals surface area contributed by atoms with E-state index in [2.05, 4.69) is 11.3 Å². The van der Waals surface area contributed by atoms with Crippen molar-refractivity contribution >= 4 is 14.8 Å². The molecule has 0 aliphatic carbocycles. The Morgan fingerprint density at radius 2 is 1.34 bits per heavy atom. The van der Waals surface area contributed by atoms with Crippen molar-refractivity contribution in [3.63, 3.8) is 0 Å². The summed E-state index contributed by atoms with van der Waals surface area (Å²) in [7, 11) is 0.418. The Bertz CT molecular complexity index is 673. The fraction of sp³-hybridized carbons (Fsp3) is 0.824. The average Bonchev–Trinajstić information content (AvgIpc) is 2.74. The Kier molecular flexibility index (Phi) is 11.6. The van der Waals surface area contributed by atoms with E-state index in [-0.39, 0.29) is 12.5 Å². The molecular formula is C17H23F11O6Si. The van der Waals surface area contributed by atoms with Gasteiger partial charge in [0.1, 0.15) is 6.61 Å². The van der Waals surface area contributed by atoms with Crippen LogP contribution in [-0.2, 0) is 27.5 Å². The summed E-state index contributed by atoms with van der Waals surface area (Å²) in [6.45, 7) is 1.02. The van der Waals surface area contributed by atoms with Crippen LogP contribution >= 0.6 is 0 Å². The Balaban J connectivity index is 5.85. The molecule has 0 aliphatic heterocycles. The summed E-state index contributed by atoms with van der Waals surface area (Å²) in [5, 5.41) is 0. The summed E-state index contributed by atoms with van der Waals surface area (Å²) >= 11 is 0. The maximum absolute atomic E-state index is 14.2. The van der Waals surface area contributed by atoms with Crippen LogP contribution in [0.3, 0.4) is 0 Å². The maximum atomic E-state index is 14.2. The summed E-state index contributed by atoms with van der Waals surface area (Å²) in [5.41, 5.74) is -7.60. The highest BCUT2D eigenvalue weighted by molar-refractivity contribution is 6.60. The molecule has 6 nitrogen and oxygen atoms in total. The van der Waals surface area contributed by atoms with Crippen LogP contribution in [0.4, 0.5) is 48.3 Å². The van der Waals surface area contributed by atoms with Crippen molar-refractivity contribution in [1.29, 1.82) is 0 Å². The van der Waals surface area contributed by atoms with Gasteiger partial charge in [0.25, 0.3) is 0 Å². The summed E-state index contributed by atoms with van der Waals surface area (Å²) in [6, 6.07) is -0.0437. The van der Waals surface area contributed by atoms with Crippen molar-refractivity contribution in [3.05, 3.63) is 12.7 Å². The first-order chi connectivity index (χ1) is 15.7. The molecule has 0 heterocycles. The summed E-state index contributed by atoms with van der Waals surface area (Å²) in [4.78, 5) is 11.1. The van der Waals surface area contributed by atoms with E-state index in [1.807, 2.05) is 0 Å². The normalized spacial score (nSPS) is 15.1. The molecular weight excluding hydrogens is 537 g/mol. The van der Waals surface area contributed by atoms with E-state index in [1.165, 1.54) is 21.3 Å². The largest absolute Gasteiger partial charge is 0.500 e. The van der Waals surface area contributed by atoms with Crippen LogP contribution in [0.5, 0.6) is 0 Å². The Morgan fingerprint density at radius 3 is 1.71 bits per heavy atom. The molecule has 0 saturated carbocycles. The van der Waals surface area contributed by atoms with Crippen molar-refractivity contribution in [2.45, 2.75) is 54.9 Å². The van der Waals surface area contributed by atoms with Crippen LogP contribution < -0.4 is 0 Å². The van der Waals surface area contributed by atoms with E-state index >= 15 is 0 Å². The van der Waals surface area contributed by atoms with E-state index in [9.17, 15) is 53.1 Å². The second-order valence-electron chi connectivity index (χ2n) is 6.86. The Hall–Kier alpha value is -1.50. The monoisotopic (exact) mass is 560 g/mol. The molecule has 0 bridgehead atoms. The fourth-order valence-electron chi connectivity index (χ4n) is 2.68. The minimum atomic E-state index is -7.60. The van der Waals surface area contributed by atoms with Crippen LogP contribution in [0, 0.1) is 0 Å². The zero-order chi connectivity index (χ0) is 27.9. The highest BCUT2D eigenvalue weighted by atomic mass is 28.4. The number of carbonyl (C=O) groups is 1. The third-order valence-corrected chi connectivity index (χ3v) is 7.48. The number of alkyl halides is 11. The number of esters is 1. The SMILES string of the molecule is C=CC(=O)OCC(CC(F)(F)C(F)(F)C(F)(C(F)(F)F)C(F)(F)F)OCCC[Si](OC)(OC)OC. The molecule has 1 atom stereocenters. The number of hydrogen-bond acceptors (Lipinski definition) is 6. The molecule has 0 radical (unpaired) electrons. The van der Waals surface area contributed by atoms with Gasteiger partial charge < -0.3 is 22.8 Å². The van der Waals surface area contributed by atoms with Crippen molar-refractivity contribution in [2.75, 3.05) is 34.5 Å². The van der Waals surface area contributed by atoms with Gasteiger partial charge in [-0.15, -0.1) is 0 Å². The summed E-state index contributed by atoms with van der Waals surface area (Å²) in [6.07, 6.45) is -19.5. The second kappa shape index (κ2) is 12.2. The van der Waals surface area contributed by atoms with Crippen LogP contribution in [0.25, 0.3) is 0 Å². The van der Waals surface area contributed by atoms with Crippen LogP contribution in [-0.4, -0.2) is 85.3 Å². The van der Waals surface area contributed by atoms with Crippen molar-refractivity contribution in [1.82, 2.24) is 0 Å². The molecule has 0 aliphatic rings. The van der Waals surface area contributed by atoms with Gasteiger partial charge in [0.2, 0.25) is 0 Å². The quantitative estimate of drug-likeness (QED) is 0.0938. The third-order valence-electron chi connectivity index (χ3n) is 4.65. The molecule has 0 N–H and O–H groups in total. The lowest BCUT2D eigenvalue weighted by atomic mass is 9.88. The van der Waals surface area contributed by atoms with Gasteiger partial charge >= 0.3 is 44.6 Å². The molecule has 0 saturated heterocycles. The van der Waals surface area contributed by atoms with E-state index in [1.54, 1.807) is 0 Å². The van der Waals surface area contributed by atoms with Crippen molar-refractivity contribution in [2.24, 2.45) is 0 Å². The van der Waals surface area contributed by atoms with Crippen LogP contribution in [0.15, 0.2) is 12.7 Å². The number of rotatable bonds is 15. The molecule has 0 aromatic heterocycles. The van der Waals surface area contributed by atoms with E-state index in [0.29, 0.717) is 6.08 Å². The van der Waals surface area contributed by atoms with E-state index in [4.69, 9.17) is 18.0 Å². The third kappa shape index (κ3) is 7.50. The molecule has 0 rings (SSSR count). The zero-order valence-corrected chi connectivity index (χ0v) is 19.5. The van der Waals surface area contributed by atoms with Gasteiger partial charge in [-0.3, -0.25) is 0 Å². The first-order valence-electron chi connectivity index (χ1n) is 9.36. The number of hydrogen-bond donors (Lipinski definition) is 0. The molecule has 35 heavy (non-hydrogen) atoms. The van der Waals surface area contributed by atoms with Crippen molar-refractivity contribution < 1.29 is 75.8 Å². The molecule has 0 aromatic carbocycles. The maximum Gasteiger partial charge on any atom is 0.500 e. The average molecular weight is 560 g/mol. The van der Waals surface area contributed by atoms with Gasteiger partial charge in [-0.2, -0.15) is 43.9 Å². The molecule has 18 heteroatoms. The molecule has 0 aromatic rings. The molecule has 0 spiro atoms. The lowest BCUT2D eigenvalue weighted by Crippen LogP contribution is -2.70. The van der Waals surface area contributed by atoms with E-state index < -0.39 is 70.4 Å². The topological polar surface area (TPSA) is 63.2 Å². The zero-order valence-electron chi connectivity index (χ0n) is 18.5. The second-order valence-corrected chi connectivity index (χ2v) is 9.95. The smallest absolute Gasteiger partial charge is 0.460 e. The summed E-state index contributed by atoms with van der Waals surface area (Å²) < 4.78 is 170. The standard InChI is InChI=1S/C17H23F11O6Si/c1-5-12(29)34-10-11(33-7-6-8-35(30-2,31-3)32-4)9-13(18,19)15(21,22)14(20,16(23,24)25)17(26,27)28/h5,11H,1,6-10H2,2-4H3. The van der Waals surface area contributed by atoms with Crippen LogP contribution in [0.1, 0.15) is 12.8 Å². The minimum Gasteiger partial charge on any atom is -0.460 e. The highest BCUT2D eigenvalue weighted by Gasteiger charge is 2.89. The predicted molar refractivity (Wildman–Crippen MR) is 97.6 cm³/mol. The minimum absolute atomic E-state index is 0.0437. The fourth-order valence-corrected chi connectivity index (χ4v) is 4.37. The van der Waals surface area contributed by atoms with Gasteiger partial charge in [0, 0.05) is 46.5 Å². The predicted octanol–water partition coefficient (Wildman–Crippen LogP) is 4.86. The van der Waals surface area contributed by atoms with E-state index in [0.717, 1.165) is 0 Å². The lowest BCUT2D eigenvalue weighted by Gasteiger charge is -2.40. The molecule has 0 fully saturated rings. The van der Waals surface area contributed by atoms with Gasteiger partial charge in [-0.25, -0.2) is 9.18 Å². The summed E-state index contributed by atoms with van der Waals surface area (Å²) in [5.74, 6) is -14.9. The first-order valence-corrected chi connectivity index (χ1v) is 11.3. The van der Waals surface area contributed by atoms with Gasteiger partial charge in [0.05, 0.1) is 6.10 Å². The first kappa shape index (κ1) is 33.5. The number of carbonyl (C=O) groups excluding carboxylic acids is 1. The van der Waals surface area contributed by atoms with Gasteiger partial charge in [0.15, 0.2) is 0 Å². The molecule has 0 amide bonds.